The Balaban J connectivity index is 1.94. The van der Waals surface area contributed by atoms with Crippen LogP contribution in [0.2, 0.25) is 0 Å². The average molecular weight is 436 g/mol. The van der Waals surface area contributed by atoms with Crippen LogP contribution in [0.5, 0.6) is 0 Å². The summed E-state index contributed by atoms with van der Waals surface area (Å²) in [4.78, 5) is 34.9. The number of piperazine rings is 1. The van der Waals surface area contributed by atoms with Crippen molar-refractivity contribution in [2.45, 2.75) is 40.2 Å². The largest absolute Gasteiger partial charge is 0.444 e. The summed E-state index contributed by atoms with van der Waals surface area (Å²) in [5, 5.41) is 7.43. The van der Waals surface area contributed by atoms with Crippen molar-refractivity contribution in [1.82, 2.24) is 24.9 Å². The number of hydrogen-bond donors (Lipinski definition) is 1. The summed E-state index contributed by atoms with van der Waals surface area (Å²) in [5.41, 5.74) is 0.294. The Morgan fingerprint density at radius 1 is 1.39 bits per heavy atom. The van der Waals surface area contributed by atoms with Gasteiger partial charge in [0.2, 0.25) is 5.91 Å². The molecule has 1 saturated heterocycles. The Hall–Kier alpha value is -2.78. The Morgan fingerprint density at radius 2 is 2.10 bits per heavy atom. The van der Waals surface area contributed by atoms with Gasteiger partial charge in [-0.05, 0) is 33.6 Å². The van der Waals surface area contributed by atoms with E-state index in [1.807, 2.05) is 52.8 Å². The molecule has 2 heterocycles. The summed E-state index contributed by atoms with van der Waals surface area (Å²) in [7, 11) is 3.57. The van der Waals surface area contributed by atoms with E-state index in [9.17, 15) is 9.59 Å². The van der Waals surface area contributed by atoms with Gasteiger partial charge in [-0.1, -0.05) is 6.92 Å². The van der Waals surface area contributed by atoms with Crippen LogP contribution in [-0.4, -0.2) is 89.5 Å². The second-order valence-electron chi connectivity index (χ2n) is 9.00. The number of ether oxygens (including phenoxy) is 1. The molecule has 0 aliphatic carbocycles. The second-order valence-corrected chi connectivity index (χ2v) is 9.00. The van der Waals surface area contributed by atoms with E-state index >= 15 is 0 Å². The van der Waals surface area contributed by atoms with E-state index < -0.39 is 5.60 Å². The number of anilines is 1. The van der Waals surface area contributed by atoms with E-state index in [1.165, 1.54) is 0 Å². The van der Waals surface area contributed by atoms with Gasteiger partial charge in [0, 0.05) is 53.0 Å². The fourth-order valence-corrected chi connectivity index (χ4v) is 3.28. The molecule has 0 saturated carbocycles. The van der Waals surface area contributed by atoms with Gasteiger partial charge in [0.25, 0.3) is 0 Å². The third-order valence-corrected chi connectivity index (χ3v) is 4.70. The number of aromatic nitrogens is 2. The molecular formula is C21H37N7O3. The molecule has 0 aromatic carbocycles. The standard InChI is InChI=1S/C21H37N7O3/c1-8-22-19(23-11-16(2)13-25(6)20(30)31-21(3,4)5)27-9-10-28(18(29)15-27)17-12-24-26(7)14-17/h12,14,16H,8-11,13,15H2,1-7H3,(H,22,23). The van der Waals surface area contributed by atoms with Crippen LogP contribution in [0, 0.1) is 5.92 Å². The molecule has 0 spiro atoms. The van der Waals surface area contributed by atoms with Crippen LogP contribution in [0.1, 0.15) is 34.6 Å². The Kier molecular flexibility index (Phi) is 8.29. The van der Waals surface area contributed by atoms with E-state index in [-0.39, 0.29) is 24.5 Å². The van der Waals surface area contributed by atoms with Gasteiger partial charge in [-0.15, -0.1) is 0 Å². The Labute approximate surface area is 185 Å². The lowest BCUT2D eigenvalue weighted by atomic mass is 10.2. The van der Waals surface area contributed by atoms with Gasteiger partial charge < -0.3 is 24.8 Å². The third kappa shape index (κ3) is 7.45. The number of nitrogens with zero attached hydrogens (tertiary/aromatic N) is 6. The Bertz CT molecular complexity index is 784. The first-order chi connectivity index (χ1) is 14.5. The van der Waals surface area contributed by atoms with Crippen LogP contribution in [0.15, 0.2) is 17.4 Å². The molecule has 1 unspecified atom stereocenters. The first-order valence-electron chi connectivity index (χ1n) is 10.8. The minimum atomic E-state index is -0.518. The molecule has 31 heavy (non-hydrogen) atoms. The zero-order valence-electron chi connectivity index (χ0n) is 19.9. The number of nitrogens with one attached hydrogen (secondary N) is 1. The van der Waals surface area contributed by atoms with Gasteiger partial charge in [0.15, 0.2) is 5.96 Å². The number of hydrogen-bond acceptors (Lipinski definition) is 5. The molecule has 2 rings (SSSR count). The van der Waals surface area contributed by atoms with Crippen LogP contribution in [0.25, 0.3) is 0 Å². The summed E-state index contributed by atoms with van der Waals surface area (Å²) in [6.07, 6.45) is 3.21. The van der Waals surface area contributed by atoms with Crippen LogP contribution in [0.4, 0.5) is 10.5 Å². The summed E-state index contributed by atoms with van der Waals surface area (Å²) in [5.74, 6) is 0.870. The lowest BCUT2D eigenvalue weighted by Crippen LogP contribution is -2.55. The molecule has 1 fully saturated rings. The maximum absolute atomic E-state index is 12.7. The minimum Gasteiger partial charge on any atom is -0.444 e. The van der Waals surface area contributed by atoms with E-state index in [1.54, 1.807) is 27.7 Å². The molecule has 0 bridgehead atoms. The fraction of sp³-hybridized carbons (Fsp3) is 0.714. The normalized spacial score (nSPS) is 16.4. The highest BCUT2D eigenvalue weighted by Crippen LogP contribution is 2.16. The highest BCUT2D eigenvalue weighted by Gasteiger charge is 2.28. The molecule has 1 N–H and O–H groups in total. The zero-order valence-corrected chi connectivity index (χ0v) is 19.9. The van der Waals surface area contributed by atoms with Crippen molar-refractivity contribution in [1.29, 1.82) is 0 Å². The quantitative estimate of drug-likeness (QED) is 0.538. The molecular weight excluding hydrogens is 398 g/mol. The molecule has 1 aromatic heterocycles. The van der Waals surface area contributed by atoms with Crippen molar-refractivity contribution < 1.29 is 14.3 Å². The maximum Gasteiger partial charge on any atom is 0.410 e. The predicted molar refractivity (Wildman–Crippen MR) is 121 cm³/mol. The van der Waals surface area contributed by atoms with Crippen LogP contribution in [-0.2, 0) is 16.6 Å². The molecule has 10 heteroatoms. The first-order valence-corrected chi connectivity index (χ1v) is 10.8. The van der Waals surface area contributed by atoms with Gasteiger partial charge in [-0.3, -0.25) is 14.5 Å². The molecule has 10 nitrogen and oxygen atoms in total. The molecule has 1 aromatic rings. The van der Waals surface area contributed by atoms with Crippen LogP contribution < -0.4 is 10.2 Å². The van der Waals surface area contributed by atoms with Gasteiger partial charge in [-0.25, -0.2) is 4.79 Å². The smallest absolute Gasteiger partial charge is 0.410 e. The van der Waals surface area contributed by atoms with E-state index in [4.69, 9.17) is 9.73 Å². The molecule has 174 valence electrons. The van der Waals surface area contributed by atoms with Gasteiger partial charge in [0.1, 0.15) is 12.1 Å². The lowest BCUT2D eigenvalue weighted by molar-refractivity contribution is -0.120. The van der Waals surface area contributed by atoms with Crippen molar-refractivity contribution in [3.8, 4) is 0 Å². The zero-order chi connectivity index (χ0) is 23.2. The number of aryl methyl sites for hydroxylation is 1. The minimum absolute atomic E-state index is 0.0163. The highest BCUT2D eigenvalue weighted by atomic mass is 16.6. The van der Waals surface area contributed by atoms with Crippen molar-refractivity contribution in [2.24, 2.45) is 18.0 Å². The monoisotopic (exact) mass is 435 g/mol. The summed E-state index contributed by atoms with van der Waals surface area (Å²) >= 11 is 0. The third-order valence-electron chi connectivity index (χ3n) is 4.70. The average Bonchev–Trinajstić information content (AvgIpc) is 3.09. The predicted octanol–water partition coefficient (Wildman–Crippen LogP) is 1.54. The summed E-state index contributed by atoms with van der Waals surface area (Å²) < 4.78 is 7.09. The van der Waals surface area contributed by atoms with Crippen LogP contribution >= 0.6 is 0 Å². The van der Waals surface area contributed by atoms with Gasteiger partial charge >= 0.3 is 6.09 Å². The SMILES string of the molecule is CCNC(=NCC(C)CN(C)C(=O)OC(C)(C)C)N1CCN(c2cnn(C)c2)C(=O)C1. The number of rotatable bonds is 6. The lowest BCUT2D eigenvalue weighted by Gasteiger charge is -2.35. The summed E-state index contributed by atoms with van der Waals surface area (Å²) in [6, 6.07) is 0. The highest BCUT2D eigenvalue weighted by molar-refractivity contribution is 5.98. The van der Waals surface area contributed by atoms with Gasteiger partial charge in [-0.2, -0.15) is 5.10 Å². The van der Waals surface area contributed by atoms with Crippen molar-refractivity contribution in [3.63, 3.8) is 0 Å². The molecule has 0 radical (unpaired) electrons. The topological polar surface area (TPSA) is 95.3 Å². The molecule has 1 atom stereocenters. The van der Waals surface area contributed by atoms with E-state index in [0.29, 0.717) is 38.7 Å². The van der Waals surface area contributed by atoms with E-state index in [2.05, 4.69) is 10.4 Å². The first kappa shape index (κ1) is 24.5. The fourth-order valence-electron chi connectivity index (χ4n) is 3.28. The summed E-state index contributed by atoms with van der Waals surface area (Å²) in [6.45, 7) is 12.9. The van der Waals surface area contributed by atoms with Crippen LogP contribution in [0.3, 0.4) is 0 Å². The second kappa shape index (κ2) is 10.5. The molecule has 1 aliphatic rings. The number of aliphatic imine (C=N–C) groups is 1. The van der Waals surface area contributed by atoms with Crippen molar-refractivity contribution >= 4 is 23.6 Å². The number of carbonyl (C=O) groups is 2. The van der Waals surface area contributed by atoms with Crippen molar-refractivity contribution in [2.75, 3.05) is 51.2 Å². The van der Waals surface area contributed by atoms with Crippen molar-refractivity contribution in [3.05, 3.63) is 12.4 Å². The number of guanidine groups is 1. The Morgan fingerprint density at radius 3 is 2.65 bits per heavy atom. The maximum atomic E-state index is 12.7. The molecule has 2 amide bonds. The molecule has 1 aliphatic heterocycles. The number of carbonyl (C=O) groups excluding carboxylic acids is 2. The van der Waals surface area contributed by atoms with E-state index in [0.717, 1.165) is 5.69 Å². The van der Waals surface area contributed by atoms with Gasteiger partial charge in [0.05, 0.1) is 11.9 Å². The number of amides is 2.